The van der Waals surface area contributed by atoms with Gasteiger partial charge in [0.2, 0.25) is 0 Å². The lowest BCUT2D eigenvalue weighted by Gasteiger charge is -2.27. The third-order valence-corrected chi connectivity index (χ3v) is 5.10. The Labute approximate surface area is 86.5 Å². The van der Waals surface area contributed by atoms with Gasteiger partial charge in [-0.3, -0.25) is 0 Å². The molecule has 0 radical (unpaired) electrons. The van der Waals surface area contributed by atoms with Crippen LogP contribution in [0.4, 0.5) is 0 Å². The Morgan fingerprint density at radius 1 is 1.07 bits per heavy atom. The smallest absolute Gasteiger partial charge is 0.0658 e. The van der Waals surface area contributed by atoms with Crippen LogP contribution in [-0.2, 0) is 0 Å². The molecule has 0 aromatic carbocycles. The van der Waals surface area contributed by atoms with Crippen molar-refractivity contribution in [3.05, 3.63) is 0 Å². The molecule has 5 unspecified atom stereocenters. The standard InChI is InChI=1S/C13H19N/c1-13(2)5-11-8-3-9(7-14)10(4-8)12(11)6-13/h8-12H,3-6H2,1-2H3. The van der Waals surface area contributed by atoms with E-state index >= 15 is 0 Å². The molecule has 2 bridgehead atoms. The highest BCUT2D eigenvalue weighted by Gasteiger charge is 2.57. The first-order chi connectivity index (χ1) is 6.61. The van der Waals surface area contributed by atoms with Crippen LogP contribution in [0, 0.1) is 46.3 Å². The molecule has 3 saturated carbocycles. The maximum atomic E-state index is 9.09. The Morgan fingerprint density at radius 2 is 1.79 bits per heavy atom. The second-order valence-corrected chi connectivity index (χ2v) is 6.53. The van der Waals surface area contributed by atoms with Crippen molar-refractivity contribution in [2.45, 2.75) is 39.5 Å². The Balaban J connectivity index is 1.86. The van der Waals surface area contributed by atoms with Crippen LogP contribution in [0.15, 0.2) is 0 Å². The zero-order valence-corrected chi connectivity index (χ0v) is 9.16. The lowest BCUT2D eigenvalue weighted by molar-refractivity contribution is 0.222. The highest BCUT2D eigenvalue weighted by Crippen LogP contribution is 2.64. The van der Waals surface area contributed by atoms with Gasteiger partial charge < -0.3 is 0 Å². The lowest BCUT2D eigenvalue weighted by Crippen LogP contribution is -2.23. The third-order valence-electron chi connectivity index (χ3n) is 5.10. The second-order valence-electron chi connectivity index (χ2n) is 6.53. The number of hydrogen-bond acceptors (Lipinski definition) is 1. The summed E-state index contributed by atoms with van der Waals surface area (Å²) in [6.45, 7) is 4.82. The van der Waals surface area contributed by atoms with E-state index in [0.29, 0.717) is 11.3 Å². The van der Waals surface area contributed by atoms with Gasteiger partial charge in [-0.25, -0.2) is 0 Å². The third kappa shape index (κ3) is 1.00. The van der Waals surface area contributed by atoms with E-state index in [1.165, 1.54) is 25.7 Å². The monoisotopic (exact) mass is 189 g/mol. The SMILES string of the molecule is CC1(C)CC2C3CC(C#N)C(C3)C2C1. The molecule has 76 valence electrons. The average molecular weight is 189 g/mol. The first-order valence-electron chi connectivity index (χ1n) is 6.00. The molecule has 0 amide bonds. The van der Waals surface area contributed by atoms with Gasteiger partial charge in [0.05, 0.1) is 6.07 Å². The van der Waals surface area contributed by atoms with Crippen molar-refractivity contribution in [2.24, 2.45) is 35.0 Å². The summed E-state index contributed by atoms with van der Waals surface area (Å²) >= 11 is 0. The van der Waals surface area contributed by atoms with Gasteiger partial charge in [-0.2, -0.15) is 5.26 Å². The fourth-order valence-corrected chi connectivity index (χ4v) is 4.73. The molecule has 0 heterocycles. The lowest BCUT2D eigenvalue weighted by atomic mass is 9.76. The summed E-state index contributed by atoms with van der Waals surface area (Å²) in [4.78, 5) is 0. The van der Waals surface area contributed by atoms with Gasteiger partial charge in [-0.1, -0.05) is 13.8 Å². The molecule has 0 saturated heterocycles. The topological polar surface area (TPSA) is 23.8 Å². The van der Waals surface area contributed by atoms with Gasteiger partial charge in [0.15, 0.2) is 0 Å². The Morgan fingerprint density at radius 3 is 2.50 bits per heavy atom. The molecule has 3 aliphatic rings. The van der Waals surface area contributed by atoms with E-state index < -0.39 is 0 Å². The quantitative estimate of drug-likeness (QED) is 0.574. The summed E-state index contributed by atoms with van der Waals surface area (Å²) in [7, 11) is 0. The van der Waals surface area contributed by atoms with Gasteiger partial charge >= 0.3 is 0 Å². The van der Waals surface area contributed by atoms with E-state index in [1.807, 2.05) is 0 Å². The van der Waals surface area contributed by atoms with E-state index in [-0.39, 0.29) is 0 Å². The number of hydrogen-bond donors (Lipinski definition) is 0. The van der Waals surface area contributed by atoms with Crippen molar-refractivity contribution in [1.82, 2.24) is 0 Å². The first-order valence-corrected chi connectivity index (χ1v) is 6.00. The van der Waals surface area contributed by atoms with Crippen molar-refractivity contribution >= 4 is 0 Å². The summed E-state index contributed by atoms with van der Waals surface area (Å²) in [6.07, 6.45) is 5.41. The highest BCUT2D eigenvalue weighted by atomic mass is 14.6. The predicted octanol–water partition coefficient (Wildman–Crippen LogP) is 3.22. The normalized spacial score (nSPS) is 53.1. The molecule has 1 heteroatoms. The second kappa shape index (κ2) is 2.54. The molecule has 3 fully saturated rings. The summed E-state index contributed by atoms with van der Waals surface area (Å²) in [5.41, 5.74) is 0.566. The molecule has 0 N–H and O–H groups in total. The molecule has 0 aromatic rings. The predicted molar refractivity (Wildman–Crippen MR) is 55.3 cm³/mol. The first kappa shape index (κ1) is 8.77. The van der Waals surface area contributed by atoms with Crippen molar-refractivity contribution in [1.29, 1.82) is 5.26 Å². The van der Waals surface area contributed by atoms with Gasteiger partial charge in [0.25, 0.3) is 0 Å². The van der Waals surface area contributed by atoms with Crippen LogP contribution in [0.2, 0.25) is 0 Å². The maximum Gasteiger partial charge on any atom is 0.0658 e. The van der Waals surface area contributed by atoms with Gasteiger partial charge in [-0.05, 0) is 54.8 Å². The summed E-state index contributed by atoms with van der Waals surface area (Å²) in [5.74, 6) is 4.00. The molecule has 0 aliphatic heterocycles. The molecule has 5 atom stereocenters. The zero-order chi connectivity index (χ0) is 9.92. The van der Waals surface area contributed by atoms with Crippen molar-refractivity contribution in [2.75, 3.05) is 0 Å². The van der Waals surface area contributed by atoms with Crippen LogP contribution in [-0.4, -0.2) is 0 Å². The minimum Gasteiger partial charge on any atom is -0.198 e. The Hall–Kier alpha value is -0.510. The van der Waals surface area contributed by atoms with E-state index in [2.05, 4.69) is 19.9 Å². The van der Waals surface area contributed by atoms with Gasteiger partial charge in [0, 0.05) is 5.92 Å². The van der Waals surface area contributed by atoms with Gasteiger partial charge in [0.1, 0.15) is 0 Å². The van der Waals surface area contributed by atoms with E-state index in [4.69, 9.17) is 5.26 Å². The molecule has 14 heavy (non-hydrogen) atoms. The molecule has 3 rings (SSSR count). The number of rotatable bonds is 0. The fourth-order valence-electron chi connectivity index (χ4n) is 4.73. The van der Waals surface area contributed by atoms with Crippen molar-refractivity contribution in [3.63, 3.8) is 0 Å². The van der Waals surface area contributed by atoms with Crippen LogP contribution in [0.25, 0.3) is 0 Å². The van der Waals surface area contributed by atoms with Crippen LogP contribution < -0.4 is 0 Å². The molecular weight excluding hydrogens is 170 g/mol. The maximum absolute atomic E-state index is 9.09. The highest BCUT2D eigenvalue weighted by molar-refractivity contribution is 5.10. The molecule has 0 aromatic heterocycles. The van der Waals surface area contributed by atoms with E-state index in [9.17, 15) is 0 Å². The van der Waals surface area contributed by atoms with E-state index in [0.717, 1.165) is 23.7 Å². The van der Waals surface area contributed by atoms with Crippen LogP contribution in [0.5, 0.6) is 0 Å². The zero-order valence-electron chi connectivity index (χ0n) is 9.16. The largest absolute Gasteiger partial charge is 0.198 e. The minimum absolute atomic E-state index is 0.412. The minimum atomic E-state index is 0.412. The van der Waals surface area contributed by atoms with Crippen LogP contribution in [0.3, 0.4) is 0 Å². The molecule has 1 nitrogen and oxygen atoms in total. The molecule has 0 spiro atoms. The molecule has 3 aliphatic carbocycles. The summed E-state index contributed by atoms with van der Waals surface area (Å²) in [5, 5.41) is 9.09. The van der Waals surface area contributed by atoms with Crippen LogP contribution in [0.1, 0.15) is 39.5 Å². The van der Waals surface area contributed by atoms with Crippen molar-refractivity contribution in [3.8, 4) is 6.07 Å². The Bertz CT molecular complexity index is 299. The van der Waals surface area contributed by atoms with Gasteiger partial charge in [-0.15, -0.1) is 0 Å². The summed E-state index contributed by atoms with van der Waals surface area (Å²) < 4.78 is 0. The van der Waals surface area contributed by atoms with Crippen molar-refractivity contribution < 1.29 is 0 Å². The average Bonchev–Trinajstić information content (AvgIpc) is 2.70. The van der Waals surface area contributed by atoms with Crippen LogP contribution >= 0.6 is 0 Å². The summed E-state index contributed by atoms with van der Waals surface area (Å²) in [6, 6.07) is 2.54. The number of nitriles is 1. The molecular formula is C13H19N. The fraction of sp³-hybridized carbons (Fsp3) is 0.923. The number of nitrogens with zero attached hydrogens (tertiary/aromatic N) is 1. The van der Waals surface area contributed by atoms with E-state index in [1.54, 1.807) is 0 Å². The Kier molecular flexibility index (Phi) is 1.59. The number of fused-ring (bicyclic) bond motifs is 5.